The molecule has 30 heavy (non-hydrogen) atoms. The number of rotatable bonds is 6. The van der Waals surface area contributed by atoms with Gasteiger partial charge in [0.2, 0.25) is 0 Å². The molecule has 9 heteroatoms. The van der Waals surface area contributed by atoms with Gasteiger partial charge in [-0.1, -0.05) is 29.8 Å². The standard InChI is InChI=1S/C21H17ClF2N2O3S/c1-26(13-17-18(22)6-4-7-19(17)24)21(27)16-5-2-3-8-20(16)25-30(28,29)15-11-9-14(23)10-12-15/h2-12,25H,13H2,1H3. The van der Waals surface area contributed by atoms with Crippen LogP contribution in [0.2, 0.25) is 5.02 Å². The van der Waals surface area contributed by atoms with Gasteiger partial charge in [-0.2, -0.15) is 0 Å². The Labute approximate surface area is 178 Å². The summed E-state index contributed by atoms with van der Waals surface area (Å²) in [5.41, 5.74) is 0.260. The number of hydrogen-bond donors (Lipinski definition) is 1. The van der Waals surface area contributed by atoms with Crippen LogP contribution in [0.4, 0.5) is 14.5 Å². The molecule has 3 aromatic carbocycles. The van der Waals surface area contributed by atoms with Crippen LogP contribution in [-0.2, 0) is 16.6 Å². The largest absolute Gasteiger partial charge is 0.337 e. The van der Waals surface area contributed by atoms with Gasteiger partial charge in [-0.05, 0) is 48.5 Å². The first-order chi connectivity index (χ1) is 14.2. The van der Waals surface area contributed by atoms with Crippen LogP contribution < -0.4 is 4.72 Å². The predicted octanol–water partition coefficient (Wildman–Crippen LogP) is 4.69. The van der Waals surface area contributed by atoms with Crippen LogP contribution in [0.3, 0.4) is 0 Å². The van der Waals surface area contributed by atoms with Crippen molar-refractivity contribution in [1.29, 1.82) is 0 Å². The maximum Gasteiger partial charge on any atom is 0.261 e. The van der Waals surface area contributed by atoms with Gasteiger partial charge in [-0.25, -0.2) is 17.2 Å². The molecule has 1 amide bonds. The lowest BCUT2D eigenvalue weighted by Gasteiger charge is -2.20. The fourth-order valence-electron chi connectivity index (χ4n) is 2.77. The molecule has 156 valence electrons. The molecule has 0 bridgehead atoms. The third kappa shape index (κ3) is 4.77. The average Bonchev–Trinajstić information content (AvgIpc) is 2.70. The summed E-state index contributed by atoms with van der Waals surface area (Å²) in [4.78, 5) is 14.0. The Morgan fingerprint density at radius 2 is 1.67 bits per heavy atom. The van der Waals surface area contributed by atoms with Crippen molar-refractivity contribution < 1.29 is 22.0 Å². The van der Waals surface area contributed by atoms with Crippen molar-refractivity contribution in [3.8, 4) is 0 Å². The van der Waals surface area contributed by atoms with Crippen molar-refractivity contribution >= 4 is 33.2 Å². The maximum atomic E-state index is 14.1. The van der Waals surface area contributed by atoms with E-state index in [1.165, 1.54) is 42.3 Å². The summed E-state index contributed by atoms with van der Waals surface area (Å²) in [6, 6.07) is 14.5. The molecule has 3 aromatic rings. The number of benzene rings is 3. The van der Waals surface area contributed by atoms with Gasteiger partial charge in [0.1, 0.15) is 11.6 Å². The van der Waals surface area contributed by atoms with Crippen molar-refractivity contribution in [3.05, 3.63) is 94.5 Å². The molecule has 0 aromatic heterocycles. The molecular weight excluding hydrogens is 434 g/mol. The molecule has 0 radical (unpaired) electrons. The lowest BCUT2D eigenvalue weighted by Crippen LogP contribution is -2.28. The highest BCUT2D eigenvalue weighted by molar-refractivity contribution is 7.92. The zero-order chi connectivity index (χ0) is 21.9. The monoisotopic (exact) mass is 450 g/mol. The van der Waals surface area contributed by atoms with E-state index in [9.17, 15) is 22.0 Å². The van der Waals surface area contributed by atoms with E-state index in [2.05, 4.69) is 4.72 Å². The van der Waals surface area contributed by atoms with Crippen molar-refractivity contribution in [1.82, 2.24) is 4.90 Å². The minimum absolute atomic E-state index is 0.0401. The van der Waals surface area contributed by atoms with Gasteiger partial charge in [0.25, 0.3) is 15.9 Å². The van der Waals surface area contributed by atoms with Crippen LogP contribution >= 0.6 is 11.6 Å². The second kappa shape index (κ2) is 8.81. The molecule has 0 saturated heterocycles. The second-order valence-electron chi connectivity index (χ2n) is 6.47. The number of halogens is 3. The van der Waals surface area contributed by atoms with Crippen LogP contribution in [0.15, 0.2) is 71.6 Å². The number of nitrogens with one attached hydrogen (secondary N) is 1. The summed E-state index contributed by atoms with van der Waals surface area (Å²) in [6.45, 7) is -0.108. The Balaban J connectivity index is 1.87. The quantitative estimate of drug-likeness (QED) is 0.592. The molecule has 0 fully saturated rings. The third-order valence-corrected chi connectivity index (χ3v) is 6.06. The fourth-order valence-corrected chi connectivity index (χ4v) is 4.08. The van der Waals surface area contributed by atoms with E-state index >= 15 is 0 Å². The van der Waals surface area contributed by atoms with Gasteiger partial charge in [0, 0.05) is 24.2 Å². The van der Waals surface area contributed by atoms with Crippen molar-refractivity contribution in [3.63, 3.8) is 0 Å². The normalized spacial score (nSPS) is 11.2. The number of anilines is 1. The van der Waals surface area contributed by atoms with Crippen LogP contribution in [-0.4, -0.2) is 26.3 Å². The van der Waals surface area contributed by atoms with Gasteiger partial charge in [0.05, 0.1) is 16.1 Å². The summed E-state index contributed by atoms with van der Waals surface area (Å²) in [6.07, 6.45) is 0. The van der Waals surface area contributed by atoms with E-state index in [-0.39, 0.29) is 33.3 Å². The van der Waals surface area contributed by atoms with Crippen LogP contribution in [0, 0.1) is 11.6 Å². The molecule has 0 unspecified atom stereocenters. The minimum atomic E-state index is -4.05. The van der Waals surface area contributed by atoms with Crippen LogP contribution in [0.25, 0.3) is 0 Å². The first-order valence-corrected chi connectivity index (χ1v) is 10.6. The number of carbonyl (C=O) groups excluding carboxylic acids is 1. The number of hydrogen-bond acceptors (Lipinski definition) is 3. The molecule has 0 atom stereocenters. The third-order valence-electron chi connectivity index (χ3n) is 4.33. The molecule has 3 rings (SSSR count). The van der Waals surface area contributed by atoms with Gasteiger partial charge in [0.15, 0.2) is 0 Å². The van der Waals surface area contributed by atoms with Gasteiger partial charge < -0.3 is 4.90 Å². The van der Waals surface area contributed by atoms with E-state index < -0.39 is 27.6 Å². The fraction of sp³-hybridized carbons (Fsp3) is 0.0952. The molecule has 0 spiro atoms. The average molecular weight is 451 g/mol. The molecule has 0 aliphatic heterocycles. The Bertz CT molecular complexity index is 1160. The first-order valence-electron chi connectivity index (χ1n) is 8.75. The van der Waals surface area contributed by atoms with E-state index in [1.807, 2.05) is 0 Å². The lowest BCUT2D eigenvalue weighted by molar-refractivity contribution is 0.0785. The van der Waals surface area contributed by atoms with Crippen molar-refractivity contribution in [2.45, 2.75) is 11.4 Å². The number of sulfonamides is 1. The highest BCUT2D eigenvalue weighted by Crippen LogP contribution is 2.24. The van der Waals surface area contributed by atoms with Gasteiger partial charge in [-0.15, -0.1) is 0 Å². The highest BCUT2D eigenvalue weighted by atomic mass is 35.5. The summed E-state index contributed by atoms with van der Waals surface area (Å²) < 4.78 is 54.7. The highest BCUT2D eigenvalue weighted by Gasteiger charge is 2.22. The predicted molar refractivity (Wildman–Crippen MR) is 111 cm³/mol. The van der Waals surface area contributed by atoms with E-state index in [1.54, 1.807) is 12.1 Å². The second-order valence-corrected chi connectivity index (χ2v) is 8.56. The zero-order valence-electron chi connectivity index (χ0n) is 15.8. The summed E-state index contributed by atoms with van der Waals surface area (Å²) >= 11 is 6.03. The van der Waals surface area contributed by atoms with E-state index in [4.69, 9.17) is 11.6 Å². The SMILES string of the molecule is CN(Cc1c(F)cccc1Cl)C(=O)c1ccccc1NS(=O)(=O)c1ccc(F)cc1. The summed E-state index contributed by atoms with van der Waals surface area (Å²) in [5, 5.41) is 0.181. The molecule has 0 saturated carbocycles. The lowest BCUT2D eigenvalue weighted by atomic mass is 10.1. The van der Waals surface area contributed by atoms with Crippen LogP contribution in [0.1, 0.15) is 15.9 Å². The van der Waals surface area contributed by atoms with E-state index in [0.29, 0.717) is 0 Å². The number of nitrogens with zero attached hydrogens (tertiary/aromatic N) is 1. The smallest absolute Gasteiger partial charge is 0.261 e. The van der Waals surface area contributed by atoms with Crippen molar-refractivity contribution in [2.75, 3.05) is 11.8 Å². The Morgan fingerprint density at radius 1 is 1.00 bits per heavy atom. The molecular formula is C21H17ClF2N2O3S. The topological polar surface area (TPSA) is 66.5 Å². The minimum Gasteiger partial charge on any atom is -0.337 e. The summed E-state index contributed by atoms with van der Waals surface area (Å²) in [7, 11) is -2.60. The van der Waals surface area contributed by atoms with Gasteiger partial charge in [-0.3, -0.25) is 9.52 Å². The molecule has 1 N–H and O–H groups in total. The Morgan fingerprint density at radius 3 is 2.33 bits per heavy atom. The Hall–Kier alpha value is -2.97. The molecule has 5 nitrogen and oxygen atoms in total. The zero-order valence-corrected chi connectivity index (χ0v) is 17.3. The Kier molecular flexibility index (Phi) is 6.38. The summed E-state index contributed by atoms with van der Waals surface area (Å²) in [5.74, 6) is -1.66. The van der Waals surface area contributed by atoms with Crippen LogP contribution in [0.5, 0.6) is 0 Å². The molecule has 0 aliphatic rings. The number of amides is 1. The first kappa shape index (κ1) is 21.7. The number of carbonyl (C=O) groups is 1. The molecule has 0 heterocycles. The van der Waals surface area contributed by atoms with E-state index in [0.717, 1.165) is 24.3 Å². The maximum absolute atomic E-state index is 14.1. The van der Waals surface area contributed by atoms with Gasteiger partial charge >= 0.3 is 0 Å². The number of para-hydroxylation sites is 1. The van der Waals surface area contributed by atoms with Crippen molar-refractivity contribution in [2.24, 2.45) is 0 Å². The molecule has 0 aliphatic carbocycles.